The summed E-state index contributed by atoms with van der Waals surface area (Å²) >= 11 is 3.39. The Morgan fingerprint density at radius 3 is 1.78 bits per heavy atom. The van der Waals surface area contributed by atoms with Crippen LogP contribution in [0.1, 0.15) is 135 Å². The predicted octanol–water partition coefficient (Wildman–Crippen LogP) is 8.65. The molecule has 0 radical (unpaired) electrons. The third-order valence-electron chi connectivity index (χ3n) is 7.59. The van der Waals surface area contributed by atoms with E-state index in [9.17, 15) is 14.7 Å². The van der Waals surface area contributed by atoms with Crippen LogP contribution in [0.5, 0.6) is 0 Å². The van der Waals surface area contributed by atoms with Crippen LogP contribution in [0.25, 0.3) is 0 Å². The van der Waals surface area contributed by atoms with E-state index in [1.165, 1.54) is 89.9 Å². The smallest absolute Gasteiger partial charge is 0.407 e. The van der Waals surface area contributed by atoms with E-state index in [-0.39, 0.29) is 12.0 Å². The minimum absolute atomic E-state index is 0.222. The van der Waals surface area contributed by atoms with Gasteiger partial charge in [-0.05, 0) is 25.7 Å². The van der Waals surface area contributed by atoms with Gasteiger partial charge in [0, 0.05) is 11.9 Å². The molecule has 2 N–H and O–H groups in total. The third kappa shape index (κ3) is 18.2. The van der Waals surface area contributed by atoms with Gasteiger partial charge in [-0.3, -0.25) is 4.79 Å². The molecule has 1 heterocycles. The number of amides is 1. The molecule has 1 aliphatic heterocycles. The van der Waals surface area contributed by atoms with Crippen molar-refractivity contribution in [2.24, 2.45) is 11.3 Å². The zero-order valence-corrected chi connectivity index (χ0v) is 25.3. The number of nitrogens with one attached hydrogen (secondary N) is 1. The number of carbonyl (C=O) groups is 2. The zero-order valence-electron chi connectivity index (χ0n) is 23.7. The summed E-state index contributed by atoms with van der Waals surface area (Å²) in [4.78, 5) is 23.8. The summed E-state index contributed by atoms with van der Waals surface area (Å²) in [7, 11) is 0. The lowest BCUT2D eigenvalue weighted by Gasteiger charge is -2.42. The monoisotopic (exact) mass is 589 g/mol. The summed E-state index contributed by atoms with van der Waals surface area (Å²) in [6.45, 7) is 4.05. The van der Waals surface area contributed by atoms with E-state index in [2.05, 4.69) is 28.2 Å². The van der Waals surface area contributed by atoms with Gasteiger partial charge in [-0.15, -0.1) is 0 Å². The fourth-order valence-corrected chi connectivity index (χ4v) is 5.50. The van der Waals surface area contributed by atoms with E-state index >= 15 is 0 Å². The second kappa shape index (κ2) is 23.1. The SMILES string of the molecule is CCCCCCCCCCCCCCCCCCNC(=O)OCC1(CC(CCCCBr)C(=O)O)COC1. The van der Waals surface area contributed by atoms with Crippen LogP contribution in [-0.2, 0) is 14.3 Å². The van der Waals surface area contributed by atoms with E-state index in [4.69, 9.17) is 9.47 Å². The third-order valence-corrected chi connectivity index (χ3v) is 8.15. The number of halogens is 1. The summed E-state index contributed by atoms with van der Waals surface area (Å²) in [5.41, 5.74) is -0.358. The minimum Gasteiger partial charge on any atom is -0.481 e. The fourth-order valence-electron chi connectivity index (χ4n) is 5.10. The Kier molecular flexibility index (Phi) is 21.4. The number of carboxylic acids is 1. The average molecular weight is 591 g/mol. The number of aliphatic carboxylic acids is 1. The van der Waals surface area contributed by atoms with Gasteiger partial charge < -0.3 is 19.9 Å². The second-order valence-electron chi connectivity index (χ2n) is 11.2. The van der Waals surface area contributed by atoms with Crippen molar-refractivity contribution in [3.8, 4) is 0 Å². The molecule has 0 spiro atoms. The molecule has 0 saturated carbocycles. The van der Waals surface area contributed by atoms with E-state index < -0.39 is 18.0 Å². The van der Waals surface area contributed by atoms with Gasteiger partial charge in [-0.1, -0.05) is 126 Å². The second-order valence-corrected chi connectivity index (χ2v) is 12.0. The Morgan fingerprint density at radius 2 is 1.35 bits per heavy atom. The van der Waals surface area contributed by atoms with E-state index in [0.29, 0.717) is 32.6 Å². The molecular formula is C30H56BrNO5. The molecule has 0 aromatic rings. The number of hydrogen-bond donors (Lipinski definition) is 2. The highest BCUT2D eigenvalue weighted by molar-refractivity contribution is 9.09. The Labute approximate surface area is 235 Å². The summed E-state index contributed by atoms with van der Waals surface area (Å²) in [6.07, 6.45) is 23.9. The van der Waals surface area contributed by atoms with Crippen molar-refractivity contribution < 1.29 is 24.2 Å². The van der Waals surface area contributed by atoms with Crippen molar-refractivity contribution >= 4 is 28.0 Å². The van der Waals surface area contributed by atoms with Gasteiger partial charge in [0.2, 0.25) is 0 Å². The van der Waals surface area contributed by atoms with Gasteiger partial charge in [0.15, 0.2) is 0 Å². The summed E-state index contributed by atoms with van der Waals surface area (Å²) < 4.78 is 10.8. The summed E-state index contributed by atoms with van der Waals surface area (Å²) in [5, 5.41) is 13.3. The van der Waals surface area contributed by atoms with Crippen LogP contribution in [-0.4, -0.2) is 48.9 Å². The van der Waals surface area contributed by atoms with Gasteiger partial charge in [-0.2, -0.15) is 0 Å². The maximum atomic E-state index is 12.1. The molecular weight excluding hydrogens is 534 g/mol. The maximum Gasteiger partial charge on any atom is 0.407 e. The van der Waals surface area contributed by atoms with Crippen LogP contribution >= 0.6 is 15.9 Å². The van der Waals surface area contributed by atoms with Crippen LogP contribution in [0.15, 0.2) is 0 Å². The standard InChI is InChI=1S/C30H56BrNO5/c1-2-3-4-5-6-7-8-9-10-11-12-13-14-15-16-19-22-32-29(35)37-26-30(24-36-25-30)23-27(28(33)34)20-17-18-21-31/h27H,2-26H2,1H3,(H,32,35)(H,33,34). The van der Waals surface area contributed by atoms with Crippen molar-refractivity contribution in [1.82, 2.24) is 5.32 Å². The fraction of sp³-hybridized carbons (Fsp3) is 0.933. The van der Waals surface area contributed by atoms with Gasteiger partial charge >= 0.3 is 12.1 Å². The molecule has 218 valence electrons. The molecule has 37 heavy (non-hydrogen) atoms. The number of carbonyl (C=O) groups excluding carboxylic acids is 1. The van der Waals surface area contributed by atoms with Crippen molar-refractivity contribution in [2.45, 2.75) is 135 Å². The molecule has 1 rings (SSSR count). The number of unbranched alkanes of at least 4 members (excludes halogenated alkanes) is 16. The van der Waals surface area contributed by atoms with Crippen LogP contribution in [0, 0.1) is 11.3 Å². The number of alkyl carbamates (subject to hydrolysis) is 1. The quantitative estimate of drug-likeness (QED) is 0.0778. The molecule has 1 unspecified atom stereocenters. The molecule has 6 nitrogen and oxygen atoms in total. The van der Waals surface area contributed by atoms with Crippen LogP contribution in [0.2, 0.25) is 0 Å². The molecule has 1 atom stereocenters. The highest BCUT2D eigenvalue weighted by atomic mass is 79.9. The summed E-state index contributed by atoms with van der Waals surface area (Å²) in [5.74, 6) is -1.19. The average Bonchev–Trinajstić information content (AvgIpc) is 2.86. The first kappa shape index (κ1) is 34.2. The van der Waals surface area contributed by atoms with Crippen LogP contribution in [0.3, 0.4) is 0 Å². The Balaban J connectivity index is 1.96. The zero-order chi connectivity index (χ0) is 27.0. The van der Waals surface area contributed by atoms with E-state index in [1.54, 1.807) is 0 Å². The van der Waals surface area contributed by atoms with Crippen molar-refractivity contribution in [3.63, 3.8) is 0 Å². The maximum absolute atomic E-state index is 12.1. The Morgan fingerprint density at radius 1 is 0.838 bits per heavy atom. The van der Waals surface area contributed by atoms with Gasteiger partial charge in [-0.25, -0.2) is 4.79 Å². The highest BCUT2D eigenvalue weighted by Crippen LogP contribution is 2.36. The molecule has 0 aromatic heterocycles. The van der Waals surface area contributed by atoms with Crippen molar-refractivity contribution in [2.75, 3.05) is 31.7 Å². The van der Waals surface area contributed by atoms with E-state index in [0.717, 1.165) is 31.0 Å². The van der Waals surface area contributed by atoms with Gasteiger partial charge in [0.05, 0.1) is 24.5 Å². The highest BCUT2D eigenvalue weighted by Gasteiger charge is 2.43. The van der Waals surface area contributed by atoms with E-state index in [1.807, 2.05) is 0 Å². The number of carboxylic acid groups (broad SMARTS) is 1. The molecule has 0 aromatic carbocycles. The Bertz CT molecular complexity index is 570. The molecule has 1 amide bonds. The molecule has 7 heteroatoms. The minimum atomic E-state index is -0.770. The first-order valence-corrected chi connectivity index (χ1v) is 16.4. The summed E-state index contributed by atoms with van der Waals surface area (Å²) in [6, 6.07) is 0. The first-order valence-electron chi connectivity index (χ1n) is 15.3. The van der Waals surface area contributed by atoms with Gasteiger partial charge in [0.1, 0.15) is 6.61 Å². The van der Waals surface area contributed by atoms with Crippen LogP contribution in [0.4, 0.5) is 4.79 Å². The molecule has 0 bridgehead atoms. The van der Waals surface area contributed by atoms with Crippen molar-refractivity contribution in [3.05, 3.63) is 0 Å². The predicted molar refractivity (Wildman–Crippen MR) is 156 cm³/mol. The number of rotatable bonds is 26. The molecule has 1 saturated heterocycles. The van der Waals surface area contributed by atoms with Crippen molar-refractivity contribution in [1.29, 1.82) is 0 Å². The number of hydrogen-bond acceptors (Lipinski definition) is 4. The van der Waals surface area contributed by atoms with Crippen LogP contribution < -0.4 is 5.32 Å². The normalized spacial score (nSPS) is 15.2. The lowest BCUT2D eigenvalue weighted by atomic mass is 9.76. The number of ether oxygens (including phenoxy) is 2. The van der Waals surface area contributed by atoms with Gasteiger partial charge in [0.25, 0.3) is 0 Å². The lowest BCUT2D eigenvalue weighted by Crippen LogP contribution is -2.49. The molecule has 1 fully saturated rings. The topological polar surface area (TPSA) is 84.9 Å². The number of alkyl halides is 1. The molecule has 1 aliphatic rings. The Hall–Kier alpha value is -0.820. The first-order chi connectivity index (χ1) is 18.0. The lowest BCUT2D eigenvalue weighted by molar-refractivity contribution is -0.161. The largest absolute Gasteiger partial charge is 0.481 e. The molecule has 0 aliphatic carbocycles.